The monoisotopic (exact) mass is 283 g/mol. The molecular formula is C13H18FN3O3. The third-order valence-corrected chi connectivity index (χ3v) is 2.44. The smallest absolute Gasteiger partial charge is 0.318 e. The first-order valence-electron chi connectivity index (χ1n) is 6.13. The Morgan fingerprint density at radius 1 is 1.35 bits per heavy atom. The SMILES string of the molecule is CN(CCCOc1ccc(F)cc1)CC(=O)NC(N)=O. The summed E-state index contributed by atoms with van der Waals surface area (Å²) in [5.74, 6) is -0.155. The number of nitrogens with two attached hydrogens (primary N) is 1. The number of likely N-dealkylation sites (N-methyl/N-ethyl adjacent to an activating group) is 1. The second kappa shape index (κ2) is 8.11. The fourth-order valence-corrected chi connectivity index (χ4v) is 1.56. The Kier molecular flexibility index (Phi) is 6.45. The normalized spacial score (nSPS) is 10.3. The van der Waals surface area contributed by atoms with Gasteiger partial charge in [-0.05, 0) is 37.7 Å². The van der Waals surface area contributed by atoms with Crippen LogP contribution in [0.2, 0.25) is 0 Å². The maximum atomic E-state index is 12.7. The highest BCUT2D eigenvalue weighted by atomic mass is 19.1. The van der Waals surface area contributed by atoms with E-state index in [-0.39, 0.29) is 12.4 Å². The van der Waals surface area contributed by atoms with E-state index in [9.17, 15) is 14.0 Å². The number of carbonyl (C=O) groups is 2. The Morgan fingerprint density at radius 3 is 2.60 bits per heavy atom. The van der Waals surface area contributed by atoms with Crippen molar-refractivity contribution < 1.29 is 18.7 Å². The Labute approximate surface area is 116 Å². The summed E-state index contributed by atoms with van der Waals surface area (Å²) in [7, 11) is 1.75. The predicted molar refractivity (Wildman–Crippen MR) is 71.7 cm³/mol. The molecule has 6 nitrogen and oxygen atoms in total. The Morgan fingerprint density at radius 2 is 2.00 bits per heavy atom. The van der Waals surface area contributed by atoms with Crippen molar-refractivity contribution >= 4 is 11.9 Å². The number of hydrogen-bond donors (Lipinski definition) is 2. The number of nitrogens with zero attached hydrogens (tertiary/aromatic N) is 1. The summed E-state index contributed by atoms with van der Waals surface area (Å²) < 4.78 is 18.1. The summed E-state index contributed by atoms with van der Waals surface area (Å²) in [4.78, 5) is 23.4. The van der Waals surface area contributed by atoms with Gasteiger partial charge in [0.15, 0.2) is 0 Å². The van der Waals surface area contributed by atoms with Gasteiger partial charge < -0.3 is 10.5 Å². The van der Waals surface area contributed by atoms with Crippen LogP contribution in [0.4, 0.5) is 9.18 Å². The number of rotatable bonds is 7. The fourth-order valence-electron chi connectivity index (χ4n) is 1.56. The Hall–Kier alpha value is -2.15. The number of hydrogen-bond acceptors (Lipinski definition) is 4. The molecule has 3 N–H and O–H groups in total. The second-order valence-corrected chi connectivity index (χ2v) is 4.31. The molecule has 7 heteroatoms. The van der Waals surface area contributed by atoms with Crippen molar-refractivity contribution in [2.45, 2.75) is 6.42 Å². The van der Waals surface area contributed by atoms with Crippen LogP contribution in [0.25, 0.3) is 0 Å². The van der Waals surface area contributed by atoms with Crippen molar-refractivity contribution in [2.24, 2.45) is 5.73 Å². The topological polar surface area (TPSA) is 84.7 Å². The highest BCUT2D eigenvalue weighted by Gasteiger charge is 2.07. The third-order valence-electron chi connectivity index (χ3n) is 2.44. The predicted octanol–water partition coefficient (Wildman–Crippen LogP) is 0.721. The van der Waals surface area contributed by atoms with Crippen molar-refractivity contribution in [3.05, 3.63) is 30.1 Å². The molecule has 0 radical (unpaired) electrons. The first-order valence-corrected chi connectivity index (χ1v) is 6.13. The van der Waals surface area contributed by atoms with Gasteiger partial charge in [-0.3, -0.25) is 15.0 Å². The van der Waals surface area contributed by atoms with Crippen LogP contribution in [0.3, 0.4) is 0 Å². The van der Waals surface area contributed by atoms with E-state index in [2.05, 4.69) is 0 Å². The first kappa shape index (κ1) is 15.9. The standard InChI is InChI=1S/C13H18FN3O3/c1-17(9-12(18)16-13(15)19)7-2-8-20-11-5-3-10(14)4-6-11/h3-6H,2,7-9H2,1H3,(H3,15,16,18,19). The average Bonchev–Trinajstić information content (AvgIpc) is 2.35. The number of nitrogens with one attached hydrogen (secondary N) is 1. The van der Waals surface area contributed by atoms with Gasteiger partial charge in [0.25, 0.3) is 0 Å². The molecule has 0 aliphatic carbocycles. The highest BCUT2D eigenvalue weighted by molar-refractivity contribution is 5.94. The number of carbonyl (C=O) groups excluding carboxylic acids is 2. The lowest BCUT2D eigenvalue weighted by Gasteiger charge is -2.15. The molecule has 0 heterocycles. The molecule has 20 heavy (non-hydrogen) atoms. The van der Waals surface area contributed by atoms with E-state index in [1.165, 1.54) is 12.1 Å². The maximum absolute atomic E-state index is 12.7. The zero-order valence-corrected chi connectivity index (χ0v) is 11.3. The molecule has 0 spiro atoms. The number of urea groups is 1. The van der Waals surface area contributed by atoms with Gasteiger partial charge in [-0.15, -0.1) is 0 Å². The minimum absolute atomic E-state index is 0.0828. The zero-order chi connectivity index (χ0) is 15.0. The van der Waals surface area contributed by atoms with Gasteiger partial charge in [0.05, 0.1) is 13.2 Å². The van der Waals surface area contributed by atoms with Gasteiger partial charge in [0.1, 0.15) is 11.6 Å². The minimum atomic E-state index is -0.858. The molecule has 3 amide bonds. The first-order chi connectivity index (χ1) is 9.47. The largest absolute Gasteiger partial charge is 0.494 e. The lowest BCUT2D eigenvalue weighted by molar-refractivity contribution is -0.120. The average molecular weight is 283 g/mol. The van der Waals surface area contributed by atoms with Crippen molar-refractivity contribution in [3.8, 4) is 5.75 Å². The summed E-state index contributed by atoms with van der Waals surface area (Å²) in [6, 6.07) is 4.91. The lowest BCUT2D eigenvalue weighted by atomic mass is 10.3. The van der Waals surface area contributed by atoms with Gasteiger partial charge in [-0.1, -0.05) is 0 Å². The molecule has 1 aromatic rings. The van der Waals surface area contributed by atoms with Crippen LogP contribution in [0, 0.1) is 5.82 Å². The molecule has 1 rings (SSSR count). The molecule has 0 saturated carbocycles. The fraction of sp³-hybridized carbons (Fsp3) is 0.385. The minimum Gasteiger partial charge on any atom is -0.494 e. The van der Waals surface area contributed by atoms with Gasteiger partial charge in [0.2, 0.25) is 5.91 Å². The molecule has 0 saturated heterocycles. The van der Waals surface area contributed by atoms with Gasteiger partial charge in [0, 0.05) is 6.54 Å². The third kappa shape index (κ3) is 6.69. The van der Waals surface area contributed by atoms with Crippen LogP contribution in [-0.4, -0.2) is 43.6 Å². The summed E-state index contributed by atoms with van der Waals surface area (Å²) in [6.45, 7) is 1.15. The summed E-state index contributed by atoms with van der Waals surface area (Å²) in [6.07, 6.45) is 0.692. The van der Waals surface area contributed by atoms with Crippen LogP contribution >= 0.6 is 0 Å². The van der Waals surface area contributed by atoms with Crippen LogP contribution in [0.5, 0.6) is 5.75 Å². The van der Waals surface area contributed by atoms with Crippen molar-refractivity contribution in [2.75, 3.05) is 26.7 Å². The van der Waals surface area contributed by atoms with E-state index in [4.69, 9.17) is 10.5 Å². The van der Waals surface area contributed by atoms with E-state index in [0.29, 0.717) is 25.3 Å². The summed E-state index contributed by atoms with van der Waals surface area (Å²) >= 11 is 0. The molecule has 110 valence electrons. The molecular weight excluding hydrogens is 265 g/mol. The Bertz CT molecular complexity index is 451. The molecule has 0 atom stereocenters. The van der Waals surface area contributed by atoms with Crippen LogP contribution in [0.1, 0.15) is 6.42 Å². The van der Waals surface area contributed by atoms with Crippen LogP contribution in [-0.2, 0) is 4.79 Å². The quantitative estimate of drug-likeness (QED) is 0.722. The molecule has 0 aliphatic rings. The molecule has 0 fully saturated rings. The van der Waals surface area contributed by atoms with E-state index in [0.717, 1.165) is 0 Å². The molecule has 0 unspecified atom stereocenters. The van der Waals surface area contributed by atoms with Gasteiger partial charge in [-0.2, -0.15) is 0 Å². The van der Waals surface area contributed by atoms with Crippen molar-refractivity contribution in [1.29, 1.82) is 0 Å². The number of primary amides is 1. The highest BCUT2D eigenvalue weighted by Crippen LogP contribution is 2.11. The van der Waals surface area contributed by atoms with E-state index >= 15 is 0 Å². The molecule has 1 aromatic carbocycles. The maximum Gasteiger partial charge on any atom is 0.318 e. The number of amides is 3. The van der Waals surface area contributed by atoms with Crippen molar-refractivity contribution in [1.82, 2.24) is 10.2 Å². The number of ether oxygens (including phenoxy) is 1. The van der Waals surface area contributed by atoms with Gasteiger partial charge >= 0.3 is 6.03 Å². The second-order valence-electron chi connectivity index (χ2n) is 4.31. The number of benzene rings is 1. The van der Waals surface area contributed by atoms with Crippen molar-refractivity contribution in [3.63, 3.8) is 0 Å². The number of imide groups is 1. The summed E-state index contributed by atoms with van der Waals surface area (Å²) in [5.41, 5.74) is 4.83. The molecule has 0 aromatic heterocycles. The van der Waals surface area contributed by atoms with Crippen LogP contribution < -0.4 is 15.8 Å². The lowest BCUT2D eigenvalue weighted by Crippen LogP contribution is -2.41. The molecule has 0 bridgehead atoms. The van der Waals surface area contributed by atoms with Crippen LogP contribution in [0.15, 0.2) is 24.3 Å². The summed E-state index contributed by atoms with van der Waals surface area (Å²) in [5, 5.41) is 1.99. The Balaban J connectivity index is 2.15. The van der Waals surface area contributed by atoms with Gasteiger partial charge in [-0.25, -0.2) is 9.18 Å². The number of halogens is 1. The molecule has 0 aliphatic heterocycles. The van der Waals surface area contributed by atoms with E-state index in [1.54, 1.807) is 24.1 Å². The van der Waals surface area contributed by atoms with E-state index in [1.807, 2.05) is 5.32 Å². The zero-order valence-electron chi connectivity index (χ0n) is 11.3. The van der Waals surface area contributed by atoms with E-state index < -0.39 is 11.9 Å².